The SMILES string of the molecule is O=C(Nc1ccncc1)c1cccc(-c2cn[nH]c2)c1. The molecular weight excluding hydrogens is 252 g/mol. The van der Waals surface area contributed by atoms with Gasteiger partial charge in [-0.2, -0.15) is 5.10 Å². The minimum absolute atomic E-state index is 0.151. The molecule has 0 fully saturated rings. The molecule has 0 unspecified atom stereocenters. The average molecular weight is 264 g/mol. The molecule has 0 atom stereocenters. The Labute approximate surface area is 115 Å². The van der Waals surface area contributed by atoms with E-state index in [4.69, 9.17) is 0 Å². The third kappa shape index (κ3) is 2.56. The fraction of sp³-hybridized carbons (Fsp3) is 0. The highest BCUT2D eigenvalue weighted by Crippen LogP contribution is 2.19. The molecule has 0 aliphatic rings. The van der Waals surface area contributed by atoms with E-state index in [2.05, 4.69) is 20.5 Å². The topological polar surface area (TPSA) is 70.7 Å². The van der Waals surface area contributed by atoms with E-state index in [1.807, 2.05) is 18.2 Å². The molecule has 0 saturated carbocycles. The molecule has 0 aliphatic heterocycles. The Balaban J connectivity index is 1.84. The molecule has 1 aromatic carbocycles. The molecule has 0 saturated heterocycles. The number of H-pyrrole nitrogens is 1. The van der Waals surface area contributed by atoms with Crippen molar-refractivity contribution in [2.45, 2.75) is 0 Å². The van der Waals surface area contributed by atoms with Gasteiger partial charge in [-0.3, -0.25) is 14.9 Å². The normalized spacial score (nSPS) is 10.2. The number of amides is 1. The number of benzene rings is 1. The minimum Gasteiger partial charge on any atom is -0.322 e. The molecular formula is C15H12N4O. The van der Waals surface area contributed by atoms with Crippen LogP contribution in [-0.2, 0) is 0 Å². The Morgan fingerprint density at radius 2 is 1.95 bits per heavy atom. The van der Waals surface area contributed by atoms with Gasteiger partial charge in [0.15, 0.2) is 0 Å². The summed E-state index contributed by atoms with van der Waals surface area (Å²) in [5, 5.41) is 9.50. The zero-order chi connectivity index (χ0) is 13.8. The smallest absolute Gasteiger partial charge is 0.255 e. The molecule has 0 radical (unpaired) electrons. The highest BCUT2D eigenvalue weighted by Gasteiger charge is 2.07. The van der Waals surface area contributed by atoms with Crippen LogP contribution in [0.4, 0.5) is 5.69 Å². The van der Waals surface area contributed by atoms with Gasteiger partial charge in [0, 0.05) is 35.4 Å². The first-order chi connectivity index (χ1) is 9.83. The molecule has 0 aliphatic carbocycles. The lowest BCUT2D eigenvalue weighted by molar-refractivity contribution is 0.102. The van der Waals surface area contributed by atoms with Crippen LogP contribution in [0.5, 0.6) is 0 Å². The van der Waals surface area contributed by atoms with Crippen molar-refractivity contribution in [3.8, 4) is 11.1 Å². The predicted octanol–water partition coefficient (Wildman–Crippen LogP) is 2.72. The molecule has 20 heavy (non-hydrogen) atoms. The number of aromatic amines is 1. The van der Waals surface area contributed by atoms with E-state index < -0.39 is 0 Å². The van der Waals surface area contributed by atoms with Crippen LogP contribution in [-0.4, -0.2) is 21.1 Å². The number of hydrogen-bond acceptors (Lipinski definition) is 3. The number of carbonyl (C=O) groups is 1. The maximum absolute atomic E-state index is 12.2. The number of nitrogens with zero attached hydrogens (tertiary/aromatic N) is 2. The first-order valence-electron chi connectivity index (χ1n) is 6.13. The molecule has 1 amide bonds. The summed E-state index contributed by atoms with van der Waals surface area (Å²) in [6, 6.07) is 10.9. The Morgan fingerprint density at radius 1 is 1.10 bits per heavy atom. The Hall–Kier alpha value is -2.95. The molecule has 5 heteroatoms. The van der Waals surface area contributed by atoms with Crippen LogP contribution in [0.1, 0.15) is 10.4 Å². The van der Waals surface area contributed by atoms with Crippen molar-refractivity contribution in [3.63, 3.8) is 0 Å². The number of aromatic nitrogens is 3. The third-order valence-corrected chi connectivity index (χ3v) is 2.89. The number of rotatable bonds is 3. The van der Waals surface area contributed by atoms with Crippen molar-refractivity contribution >= 4 is 11.6 Å². The summed E-state index contributed by atoms with van der Waals surface area (Å²) in [5.74, 6) is -0.151. The Kier molecular flexibility index (Phi) is 3.24. The Morgan fingerprint density at radius 3 is 2.70 bits per heavy atom. The summed E-state index contributed by atoms with van der Waals surface area (Å²) >= 11 is 0. The summed E-state index contributed by atoms with van der Waals surface area (Å²) in [5.41, 5.74) is 3.21. The number of nitrogens with one attached hydrogen (secondary N) is 2. The van der Waals surface area contributed by atoms with Crippen molar-refractivity contribution in [1.82, 2.24) is 15.2 Å². The fourth-order valence-electron chi connectivity index (χ4n) is 1.89. The molecule has 5 nitrogen and oxygen atoms in total. The standard InChI is InChI=1S/C15H12N4O/c20-15(19-14-4-6-16-7-5-14)12-3-1-2-11(8-12)13-9-17-18-10-13/h1-10H,(H,17,18)(H,16,19,20). The Bertz CT molecular complexity index is 708. The van der Waals surface area contributed by atoms with Crippen LogP contribution < -0.4 is 5.32 Å². The zero-order valence-electron chi connectivity index (χ0n) is 10.6. The minimum atomic E-state index is -0.151. The van der Waals surface area contributed by atoms with Gasteiger partial charge in [-0.1, -0.05) is 12.1 Å². The molecule has 98 valence electrons. The molecule has 3 aromatic rings. The zero-order valence-corrected chi connectivity index (χ0v) is 10.6. The van der Waals surface area contributed by atoms with E-state index in [9.17, 15) is 4.79 Å². The van der Waals surface area contributed by atoms with Crippen molar-refractivity contribution in [1.29, 1.82) is 0 Å². The van der Waals surface area contributed by atoms with Gasteiger partial charge in [0.05, 0.1) is 6.20 Å². The van der Waals surface area contributed by atoms with Gasteiger partial charge in [0.2, 0.25) is 0 Å². The van der Waals surface area contributed by atoms with Crippen molar-refractivity contribution in [2.75, 3.05) is 5.32 Å². The molecule has 2 heterocycles. The predicted molar refractivity (Wildman–Crippen MR) is 76.2 cm³/mol. The van der Waals surface area contributed by atoms with Crippen molar-refractivity contribution in [2.24, 2.45) is 0 Å². The fourth-order valence-corrected chi connectivity index (χ4v) is 1.89. The molecule has 0 spiro atoms. The number of anilines is 1. The van der Waals surface area contributed by atoms with E-state index in [1.54, 1.807) is 43.0 Å². The maximum atomic E-state index is 12.2. The summed E-state index contributed by atoms with van der Waals surface area (Å²) in [7, 11) is 0. The van der Waals surface area contributed by atoms with Crippen LogP contribution in [0.2, 0.25) is 0 Å². The van der Waals surface area contributed by atoms with Crippen LogP contribution >= 0.6 is 0 Å². The lowest BCUT2D eigenvalue weighted by Crippen LogP contribution is -2.11. The van der Waals surface area contributed by atoms with Crippen LogP contribution in [0.25, 0.3) is 11.1 Å². The van der Waals surface area contributed by atoms with Crippen LogP contribution in [0.3, 0.4) is 0 Å². The second-order valence-electron chi connectivity index (χ2n) is 4.26. The van der Waals surface area contributed by atoms with Gasteiger partial charge in [0.25, 0.3) is 5.91 Å². The number of carbonyl (C=O) groups excluding carboxylic acids is 1. The van der Waals surface area contributed by atoms with Gasteiger partial charge < -0.3 is 5.32 Å². The highest BCUT2D eigenvalue weighted by atomic mass is 16.1. The summed E-state index contributed by atoms with van der Waals surface area (Å²) < 4.78 is 0. The first kappa shape index (κ1) is 12.1. The van der Waals surface area contributed by atoms with E-state index >= 15 is 0 Å². The summed E-state index contributed by atoms with van der Waals surface area (Å²) in [6.07, 6.45) is 6.79. The van der Waals surface area contributed by atoms with E-state index in [0.29, 0.717) is 5.56 Å². The lowest BCUT2D eigenvalue weighted by Gasteiger charge is -2.06. The summed E-state index contributed by atoms with van der Waals surface area (Å²) in [4.78, 5) is 16.1. The quantitative estimate of drug-likeness (QED) is 0.764. The van der Waals surface area contributed by atoms with E-state index in [0.717, 1.165) is 16.8 Å². The monoisotopic (exact) mass is 264 g/mol. The summed E-state index contributed by atoms with van der Waals surface area (Å²) in [6.45, 7) is 0. The maximum Gasteiger partial charge on any atom is 0.255 e. The highest BCUT2D eigenvalue weighted by molar-refractivity contribution is 6.04. The molecule has 0 bridgehead atoms. The number of hydrogen-bond donors (Lipinski definition) is 2. The molecule has 3 rings (SSSR count). The second kappa shape index (κ2) is 5.36. The largest absolute Gasteiger partial charge is 0.322 e. The van der Waals surface area contributed by atoms with E-state index in [-0.39, 0.29) is 5.91 Å². The van der Waals surface area contributed by atoms with Gasteiger partial charge in [-0.05, 0) is 29.8 Å². The van der Waals surface area contributed by atoms with Gasteiger partial charge >= 0.3 is 0 Å². The average Bonchev–Trinajstić information content (AvgIpc) is 3.03. The van der Waals surface area contributed by atoms with Crippen molar-refractivity contribution in [3.05, 3.63) is 66.7 Å². The van der Waals surface area contributed by atoms with Gasteiger partial charge in [0.1, 0.15) is 0 Å². The van der Waals surface area contributed by atoms with Gasteiger partial charge in [-0.25, -0.2) is 0 Å². The van der Waals surface area contributed by atoms with Crippen LogP contribution in [0, 0.1) is 0 Å². The molecule has 2 N–H and O–H groups in total. The van der Waals surface area contributed by atoms with Crippen LogP contribution in [0.15, 0.2) is 61.2 Å². The third-order valence-electron chi connectivity index (χ3n) is 2.89. The number of pyridine rings is 1. The second-order valence-corrected chi connectivity index (χ2v) is 4.26. The van der Waals surface area contributed by atoms with Crippen molar-refractivity contribution < 1.29 is 4.79 Å². The first-order valence-corrected chi connectivity index (χ1v) is 6.13. The lowest BCUT2D eigenvalue weighted by atomic mass is 10.1. The van der Waals surface area contributed by atoms with Gasteiger partial charge in [-0.15, -0.1) is 0 Å². The molecule has 2 aromatic heterocycles. The van der Waals surface area contributed by atoms with E-state index in [1.165, 1.54) is 0 Å².